The third-order valence-corrected chi connectivity index (χ3v) is 4.70. The van der Waals surface area contributed by atoms with Crippen molar-refractivity contribution in [1.82, 2.24) is 5.32 Å². The molecule has 108 valence electrons. The molecule has 0 unspecified atom stereocenters. The van der Waals surface area contributed by atoms with E-state index in [9.17, 15) is 0 Å². The van der Waals surface area contributed by atoms with Crippen LogP contribution in [-0.2, 0) is 0 Å². The van der Waals surface area contributed by atoms with Gasteiger partial charge in [0.15, 0.2) is 5.17 Å². The topological polar surface area (TPSA) is 24.4 Å². The van der Waals surface area contributed by atoms with Crippen LogP contribution in [-0.4, -0.2) is 10.9 Å². The highest BCUT2D eigenvalue weighted by Crippen LogP contribution is 2.37. The molecule has 0 saturated heterocycles. The van der Waals surface area contributed by atoms with Crippen molar-refractivity contribution < 1.29 is 0 Å². The van der Waals surface area contributed by atoms with Gasteiger partial charge in [-0.05, 0) is 17.5 Å². The number of thioether (sulfide) groups is 1. The summed E-state index contributed by atoms with van der Waals surface area (Å²) in [6, 6.07) is 21.6. The second kappa shape index (κ2) is 6.81. The number of rotatable bonds is 4. The zero-order chi connectivity index (χ0) is 14.5. The van der Waals surface area contributed by atoms with Gasteiger partial charge in [-0.2, -0.15) is 0 Å². The van der Waals surface area contributed by atoms with E-state index in [0.717, 1.165) is 17.3 Å². The van der Waals surface area contributed by atoms with Gasteiger partial charge < -0.3 is 5.32 Å². The van der Waals surface area contributed by atoms with Gasteiger partial charge in [0.05, 0.1) is 6.04 Å². The van der Waals surface area contributed by atoms with Crippen LogP contribution in [0.1, 0.15) is 36.6 Å². The summed E-state index contributed by atoms with van der Waals surface area (Å²) in [5, 5.41) is 4.67. The van der Waals surface area contributed by atoms with Gasteiger partial charge in [-0.15, -0.1) is 0 Å². The van der Waals surface area contributed by atoms with Crippen LogP contribution in [0.15, 0.2) is 65.7 Å². The minimum Gasteiger partial charge on any atom is -0.356 e. The molecule has 0 amide bonds. The molecule has 2 aromatic rings. The molecule has 0 spiro atoms. The highest BCUT2D eigenvalue weighted by Gasteiger charge is 2.30. The van der Waals surface area contributed by atoms with Crippen LogP contribution in [0.3, 0.4) is 0 Å². The van der Waals surface area contributed by atoms with Crippen LogP contribution >= 0.6 is 11.8 Å². The number of hydrogen-bond acceptors (Lipinski definition) is 3. The molecule has 1 aliphatic heterocycles. The maximum atomic E-state index is 4.92. The standard InChI is InChI=1S/C18H20N2S/c1-2-13-21-18-19-16(14-9-5-3-6-10-14)17(20-18)15-11-7-4-8-12-15/h3-12,16-17H,2,13H2,1H3,(H,19,20)/t16-,17-/m1/s1. The highest BCUT2D eigenvalue weighted by molar-refractivity contribution is 8.13. The zero-order valence-corrected chi connectivity index (χ0v) is 13.0. The molecule has 3 rings (SSSR count). The Morgan fingerprint density at radius 1 is 0.952 bits per heavy atom. The van der Waals surface area contributed by atoms with Gasteiger partial charge in [0.2, 0.25) is 0 Å². The van der Waals surface area contributed by atoms with Crippen LogP contribution in [0.4, 0.5) is 0 Å². The third-order valence-electron chi connectivity index (χ3n) is 3.59. The Hall–Kier alpha value is -1.74. The normalized spacial score (nSPS) is 20.9. The largest absolute Gasteiger partial charge is 0.356 e. The van der Waals surface area contributed by atoms with Gasteiger partial charge in [-0.1, -0.05) is 79.3 Å². The molecule has 0 aliphatic carbocycles. The number of benzene rings is 2. The average Bonchev–Trinajstić information content (AvgIpc) is 2.99. The van der Waals surface area contributed by atoms with Crippen molar-refractivity contribution in [3.8, 4) is 0 Å². The van der Waals surface area contributed by atoms with Crippen molar-refractivity contribution in [2.24, 2.45) is 4.99 Å². The highest BCUT2D eigenvalue weighted by atomic mass is 32.2. The lowest BCUT2D eigenvalue weighted by Crippen LogP contribution is -2.22. The molecule has 3 heteroatoms. The van der Waals surface area contributed by atoms with Gasteiger partial charge in [0.1, 0.15) is 6.04 Å². The molecule has 0 radical (unpaired) electrons. The van der Waals surface area contributed by atoms with Crippen LogP contribution in [0.5, 0.6) is 0 Å². The van der Waals surface area contributed by atoms with Gasteiger partial charge in [-0.3, -0.25) is 4.99 Å². The number of nitrogens with zero attached hydrogens (tertiary/aromatic N) is 1. The molecular weight excluding hydrogens is 276 g/mol. The summed E-state index contributed by atoms with van der Waals surface area (Å²) >= 11 is 1.82. The first kappa shape index (κ1) is 14.2. The Bertz CT molecular complexity index is 595. The predicted octanol–water partition coefficient (Wildman–Crippen LogP) is 4.57. The molecule has 0 aromatic heterocycles. The molecule has 1 N–H and O–H groups in total. The summed E-state index contributed by atoms with van der Waals surface area (Å²) in [5.74, 6) is 1.11. The van der Waals surface area contributed by atoms with E-state index < -0.39 is 0 Å². The van der Waals surface area contributed by atoms with E-state index in [-0.39, 0.29) is 12.1 Å². The van der Waals surface area contributed by atoms with Crippen molar-refractivity contribution in [3.63, 3.8) is 0 Å². The molecule has 0 fully saturated rings. The molecular formula is C18H20N2S. The predicted molar refractivity (Wildman–Crippen MR) is 91.7 cm³/mol. The van der Waals surface area contributed by atoms with Gasteiger partial charge >= 0.3 is 0 Å². The lowest BCUT2D eigenvalue weighted by molar-refractivity contribution is 0.573. The molecule has 21 heavy (non-hydrogen) atoms. The second-order valence-corrected chi connectivity index (χ2v) is 6.25. The average molecular weight is 296 g/mol. The molecule has 2 atom stereocenters. The Balaban J connectivity index is 1.89. The Morgan fingerprint density at radius 2 is 1.57 bits per heavy atom. The fraction of sp³-hybridized carbons (Fsp3) is 0.278. The van der Waals surface area contributed by atoms with Crippen LogP contribution in [0.2, 0.25) is 0 Å². The van der Waals surface area contributed by atoms with Crippen molar-refractivity contribution >= 4 is 16.9 Å². The smallest absolute Gasteiger partial charge is 0.157 e. The van der Waals surface area contributed by atoms with E-state index >= 15 is 0 Å². The van der Waals surface area contributed by atoms with Gasteiger partial charge in [-0.25, -0.2) is 0 Å². The van der Waals surface area contributed by atoms with Crippen molar-refractivity contribution in [2.45, 2.75) is 25.4 Å². The van der Waals surface area contributed by atoms with Gasteiger partial charge in [0.25, 0.3) is 0 Å². The van der Waals surface area contributed by atoms with Crippen LogP contribution < -0.4 is 5.32 Å². The van der Waals surface area contributed by atoms with E-state index in [1.165, 1.54) is 11.1 Å². The fourth-order valence-electron chi connectivity index (χ4n) is 2.57. The summed E-state index contributed by atoms with van der Waals surface area (Å²) in [6.45, 7) is 2.20. The minimum atomic E-state index is 0.160. The lowest BCUT2D eigenvalue weighted by Gasteiger charge is -2.19. The summed E-state index contributed by atoms with van der Waals surface area (Å²) in [6.07, 6.45) is 1.16. The Kier molecular flexibility index (Phi) is 4.61. The maximum absolute atomic E-state index is 4.92. The number of aliphatic imine (C=N–C) groups is 1. The third kappa shape index (κ3) is 3.30. The summed E-state index contributed by atoms with van der Waals surface area (Å²) in [4.78, 5) is 4.92. The number of nitrogens with one attached hydrogen (secondary N) is 1. The van der Waals surface area contributed by atoms with E-state index in [1.807, 2.05) is 11.8 Å². The zero-order valence-electron chi connectivity index (χ0n) is 12.2. The van der Waals surface area contributed by atoms with E-state index in [2.05, 4.69) is 72.9 Å². The second-order valence-electron chi connectivity index (χ2n) is 5.17. The van der Waals surface area contributed by atoms with Crippen molar-refractivity contribution in [2.75, 3.05) is 5.75 Å². The summed E-state index contributed by atoms with van der Waals surface area (Å²) in [7, 11) is 0. The first-order valence-corrected chi connectivity index (χ1v) is 8.44. The first-order valence-electron chi connectivity index (χ1n) is 7.45. The number of hydrogen-bond donors (Lipinski definition) is 1. The summed E-state index contributed by atoms with van der Waals surface area (Å²) in [5.41, 5.74) is 2.56. The fourth-order valence-corrected chi connectivity index (χ4v) is 3.37. The Labute approximate surface area is 130 Å². The molecule has 0 saturated carbocycles. The van der Waals surface area contributed by atoms with Gasteiger partial charge in [0, 0.05) is 5.75 Å². The molecule has 2 aromatic carbocycles. The minimum absolute atomic E-state index is 0.160. The summed E-state index contributed by atoms with van der Waals surface area (Å²) < 4.78 is 0. The Morgan fingerprint density at radius 3 is 2.19 bits per heavy atom. The number of amidine groups is 1. The molecule has 1 aliphatic rings. The monoisotopic (exact) mass is 296 g/mol. The lowest BCUT2D eigenvalue weighted by atomic mass is 9.95. The SMILES string of the molecule is CCCSC1=N[C@H](c2ccccc2)[C@@H](c2ccccc2)N1. The first-order chi connectivity index (χ1) is 10.4. The van der Waals surface area contributed by atoms with E-state index in [1.54, 1.807) is 0 Å². The molecule has 1 heterocycles. The molecule has 0 bridgehead atoms. The van der Waals surface area contributed by atoms with Crippen LogP contribution in [0, 0.1) is 0 Å². The van der Waals surface area contributed by atoms with Crippen molar-refractivity contribution in [3.05, 3.63) is 71.8 Å². The van der Waals surface area contributed by atoms with E-state index in [4.69, 9.17) is 4.99 Å². The van der Waals surface area contributed by atoms with Crippen molar-refractivity contribution in [1.29, 1.82) is 0 Å². The maximum Gasteiger partial charge on any atom is 0.157 e. The van der Waals surface area contributed by atoms with E-state index in [0.29, 0.717) is 0 Å². The quantitative estimate of drug-likeness (QED) is 0.893. The van der Waals surface area contributed by atoms with Crippen LogP contribution in [0.25, 0.3) is 0 Å². The molecule has 2 nitrogen and oxygen atoms in total.